The van der Waals surface area contributed by atoms with Crippen molar-refractivity contribution in [3.8, 4) is 0 Å². The fourth-order valence-electron chi connectivity index (χ4n) is 1.48. The van der Waals surface area contributed by atoms with Crippen molar-refractivity contribution in [2.24, 2.45) is 0 Å². The van der Waals surface area contributed by atoms with Gasteiger partial charge in [-0.05, 0) is 18.4 Å². The van der Waals surface area contributed by atoms with Gasteiger partial charge in [0.1, 0.15) is 0 Å². The second-order valence-corrected chi connectivity index (χ2v) is 8.92. The SMILES string of the molecule is COP(=O)(OCCCc1ccccc1)OP(=O)(O)OP(=O)(O)O. The zero-order valence-corrected chi connectivity index (χ0v) is 14.7. The van der Waals surface area contributed by atoms with Crippen molar-refractivity contribution in [1.29, 1.82) is 0 Å². The Morgan fingerprint density at radius 2 is 1.61 bits per heavy atom. The summed E-state index contributed by atoms with van der Waals surface area (Å²) in [6.07, 6.45) is 0.982. The van der Waals surface area contributed by atoms with E-state index in [9.17, 15) is 13.7 Å². The Bertz CT molecular complexity index is 627. The van der Waals surface area contributed by atoms with E-state index in [-0.39, 0.29) is 6.61 Å². The maximum atomic E-state index is 12.0. The molecule has 23 heavy (non-hydrogen) atoms. The molecule has 1 aromatic rings. The lowest BCUT2D eigenvalue weighted by Gasteiger charge is -2.18. The summed E-state index contributed by atoms with van der Waals surface area (Å²) in [7, 11) is -14.3. The van der Waals surface area contributed by atoms with E-state index in [0.717, 1.165) is 12.7 Å². The Kier molecular flexibility index (Phi) is 7.77. The molecule has 0 bridgehead atoms. The number of phosphoric ester groups is 1. The maximum absolute atomic E-state index is 12.0. The second kappa shape index (κ2) is 8.65. The van der Waals surface area contributed by atoms with Crippen molar-refractivity contribution >= 4 is 23.5 Å². The molecule has 3 N–H and O–H groups in total. The standard InChI is InChI=1S/C10H17O10P3/c1-17-23(16,20-22(14,15)19-21(11,12)13)18-9-5-8-10-6-3-2-4-7-10/h2-4,6-7H,5,8-9H2,1H3,(H,14,15)(H2,11,12,13). The number of benzene rings is 1. The summed E-state index contributed by atoms with van der Waals surface area (Å²) in [4.78, 5) is 26.1. The second-order valence-electron chi connectivity index (χ2n) is 4.17. The van der Waals surface area contributed by atoms with Crippen LogP contribution in [0.15, 0.2) is 30.3 Å². The number of phosphoric acid groups is 3. The van der Waals surface area contributed by atoms with Crippen molar-refractivity contribution in [3.05, 3.63) is 35.9 Å². The van der Waals surface area contributed by atoms with Crippen LogP contribution in [-0.4, -0.2) is 28.4 Å². The molecule has 0 aliphatic heterocycles. The summed E-state index contributed by atoms with van der Waals surface area (Å²) in [5.41, 5.74) is 1.00. The van der Waals surface area contributed by atoms with Crippen LogP contribution < -0.4 is 0 Å². The van der Waals surface area contributed by atoms with Gasteiger partial charge in [-0.15, -0.1) is 0 Å². The van der Waals surface area contributed by atoms with E-state index >= 15 is 0 Å². The quantitative estimate of drug-likeness (QED) is 0.402. The van der Waals surface area contributed by atoms with Gasteiger partial charge in [0.25, 0.3) is 0 Å². The molecule has 0 aliphatic rings. The molecule has 0 radical (unpaired) electrons. The predicted octanol–water partition coefficient (Wildman–Crippen LogP) is 2.62. The van der Waals surface area contributed by atoms with Crippen LogP contribution >= 0.6 is 23.5 Å². The first kappa shape index (κ1) is 20.7. The molecular formula is C10H17O10P3. The first-order valence-corrected chi connectivity index (χ1v) is 10.7. The lowest BCUT2D eigenvalue weighted by molar-refractivity contribution is 0.154. The molecule has 0 aromatic heterocycles. The van der Waals surface area contributed by atoms with Crippen LogP contribution in [0.1, 0.15) is 12.0 Å². The lowest BCUT2D eigenvalue weighted by atomic mass is 10.1. The topological polar surface area (TPSA) is 149 Å². The fourth-order valence-corrected chi connectivity index (χ4v) is 4.87. The molecule has 0 heterocycles. The molecule has 10 nitrogen and oxygen atoms in total. The lowest BCUT2D eigenvalue weighted by Crippen LogP contribution is -2.01. The molecule has 132 valence electrons. The first-order valence-electron chi connectivity index (χ1n) is 6.20. The van der Waals surface area contributed by atoms with E-state index in [4.69, 9.17) is 19.2 Å². The Balaban J connectivity index is 2.52. The number of hydrogen-bond donors (Lipinski definition) is 3. The summed E-state index contributed by atoms with van der Waals surface area (Å²) in [6.45, 7) is -0.143. The van der Waals surface area contributed by atoms with E-state index in [2.05, 4.69) is 13.1 Å². The van der Waals surface area contributed by atoms with Crippen LogP contribution in [0.25, 0.3) is 0 Å². The molecule has 0 aliphatic carbocycles. The Labute approximate surface area is 132 Å². The minimum Gasteiger partial charge on any atom is -0.302 e. The molecule has 13 heteroatoms. The van der Waals surface area contributed by atoms with Crippen LogP contribution in [0.2, 0.25) is 0 Å². The van der Waals surface area contributed by atoms with Crippen LogP contribution in [0.5, 0.6) is 0 Å². The van der Waals surface area contributed by atoms with E-state index in [0.29, 0.717) is 12.8 Å². The largest absolute Gasteiger partial charge is 0.490 e. The molecule has 2 unspecified atom stereocenters. The van der Waals surface area contributed by atoms with Gasteiger partial charge >= 0.3 is 23.5 Å². The van der Waals surface area contributed by atoms with Crippen LogP contribution in [0, 0.1) is 0 Å². The third kappa shape index (κ3) is 8.88. The minimum atomic E-state index is -5.34. The highest BCUT2D eigenvalue weighted by molar-refractivity contribution is 7.66. The van der Waals surface area contributed by atoms with Gasteiger partial charge in [-0.2, -0.15) is 8.62 Å². The zero-order valence-electron chi connectivity index (χ0n) is 12.0. The van der Waals surface area contributed by atoms with Gasteiger partial charge in [0, 0.05) is 7.11 Å². The average molecular weight is 390 g/mol. The smallest absolute Gasteiger partial charge is 0.302 e. The molecule has 2 atom stereocenters. The Morgan fingerprint density at radius 1 is 1.00 bits per heavy atom. The number of rotatable bonds is 10. The highest BCUT2D eigenvalue weighted by atomic mass is 31.3. The van der Waals surface area contributed by atoms with Crippen molar-refractivity contribution in [3.63, 3.8) is 0 Å². The Hall–Kier alpha value is -0.370. The summed E-state index contributed by atoms with van der Waals surface area (Å²) in [5.74, 6) is 0. The minimum absolute atomic E-state index is 0.143. The van der Waals surface area contributed by atoms with Gasteiger partial charge in [0.2, 0.25) is 0 Å². The first-order chi connectivity index (χ1) is 10.6. The van der Waals surface area contributed by atoms with E-state index in [1.807, 2.05) is 30.3 Å². The number of hydrogen-bond acceptors (Lipinski definition) is 7. The summed E-state index contributed by atoms with van der Waals surface area (Å²) in [5, 5.41) is 0. The van der Waals surface area contributed by atoms with Gasteiger partial charge in [-0.25, -0.2) is 13.7 Å². The van der Waals surface area contributed by atoms with Crippen molar-refractivity contribution in [2.45, 2.75) is 12.8 Å². The molecule has 0 saturated carbocycles. The molecular weight excluding hydrogens is 373 g/mol. The summed E-state index contributed by atoms with van der Waals surface area (Å²) in [6, 6.07) is 9.30. The van der Waals surface area contributed by atoms with E-state index in [1.165, 1.54) is 0 Å². The molecule has 0 amide bonds. The number of aryl methyl sites for hydroxylation is 1. The molecule has 0 fully saturated rings. The summed E-state index contributed by atoms with van der Waals surface area (Å²) < 4.78 is 50.7. The molecule has 0 saturated heterocycles. The third-order valence-electron chi connectivity index (χ3n) is 2.34. The molecule has 0 spiro atoms. The molecule has 1 rings (SSSR count). The van der Waals surface area contributed by atoms with Gasteiger partial charge in [-0.1, -0.05) is 30.3 Å². The van der Waals surface area contributed by atoms with Gasteiger partial charge in [0.05, 0.1) is 6.61 Å². The third-order valence-corrected chi connectivity index (χ3v) is 6.59. The Morgan fingerprint density at radius 3 is 2.13 bits per heavy atom. The normalized spacial score (nSPS) is 17.4. The average Bonchev–Trinajstić information content (AvgIpc) is 2.41. The fraction of sp³-hybridized carbons (Fsp3) is 0.400. The summed E-state index contributed by atoms with van der Waals surface area (Å²) >= 11 is 0. The van der Waals surface area contributed by atoms with Crippen molar-refractivity contribution in [2.75, 3.05) is 13.7 Å². The monoisotopic (exact) mass is 390 g/mol. The highest BCUT2D eigenvalue weighted by Gasteiger charge is 2.41. The van der Waals surface area contributed by atoms with Gasteiger partial charge < -0.3 is 14.7 Å². The van der Waals surface area contributed by atoms with Crippen LogP contribution in [0.4, 0.5) is 0 Å². The van der Waals surface area contributed by atoms with Crippen molar-refractivity contribution < 1.29 is 46.0 Å². The van der Waals surface area contributed by atoms with E-state index in [1.54, 1.807) is 0 Å². The van der Waals surface area contributed by atoms with Crippen LogP contribution in [-0.2, 0) is 37.8 Å². The van der Waals surface area contributed by atoms with Gasteiger partial charge in [-0.3, -0.25) is 9.05 Å². The van der Waals surface area contributed by atoms with Gasteiger partial charge in [0.15, 0.2) is 0 Å². The van der Waals surface area contributed by atoms with E-state index < -0.39 is 23.5 Å². The van der Waals surface area contributed by atoms with Crippen molar-refractivity contribution in [1.82, 2.24) is 0 Å². The van der Waals surface area contributed by atoms with Crippen LogP contribution in [0.3, 0.4) is 0 Å². The zero-order chi connectivity index (χ0) is 17.6. The maximum Gasteiger partial charge on any atom is 0.490 e. The highest BCUT2D eigenvalue weighted by Crippen LogP contribution is 2.67. The predicted molar refractivity (Wildman–Crippen MR) is 79.4 cm³/mol. The molecule has 1 aromatic carbocycles.